The van der Waals surface area contributed by atoms with Gasteiger partial charge in [0.2, 0.25) is 5.91 Å². The molecular weight excluding hydrogens is 454 g/mol. The highest BCUT2D eigenvalue weighted by Crippen LogP contribution is 2.25. The van der Waals surface area contributed by atoms with E-state index in [-0.39, 0.29) is 16.3 Å². The van der Waals surface area contributed by atoms with E-state index in [0.29, 0.717) is 18.1 Å². The van der Waals surface area contributed by atoms with E-state index in [1.54, 1.807) is 42.3 Å². The number of hydrogen-bond acceptors (Lipinski definition) is 7. The van der Waals surface area contributed by atoms with Crippen LogP contribution < -0.4 is 9.62 Å². The molecule has 0 saturated heterocycles. The Morgan fingerprint density at radius 1 is 1.06 bits per heavy atom. The van der Waals surface area contributed by atoms with E-state index in [1.807, 2.05) is 6.07 Å². The molecule has 3 aromatic rings. The van der Waals surface area contributed by atoms with Gasteiger partial charge in [0, 0.05) is 24.4 Å². The number of nitrogens with zero attached hydrogens (tertiary/aromatic N) is 2. The van der Waals surface area contributed by atoms with Gasteiger partial charge in [0.15, 0.2) is 0 Å². The predicted octanol–water partition coefficient (Wildman–Crippen LogP) is 3.43. The summed E-state index contributed by atoms with van der Waals surface area (Å²) >= 11 is 1.57. The van der Waals surface area contributed by atoms with Crippen molar-refractivity contribution in [3.05, 3.63) is 88.9 Å². The number of nitrogens with one attached hydrogen (secondary N) is 1. The van der Waals surface area contributed by atoms with E-state index in [2.05, 4.69) is 5.32 Å². The maximum absolute atomic E-state index is 13.2. The van der Waals surface area contributed by atoms with Crippen LogP contribution in [-0.4, -0.2) is 38.1 Å². The Kier molecular flexibility index (Phi) is 7.90. The number of anilines is 1. The summed E-state index contributed by atoms with van der Waals surface area (Å²) in [7, 11) is -4.06. The van der Waals surface area contributed by atoms with Crippen molar-refractivity contribution in [2.45, 2.75) is 10.6 Å². The van der Waals surface area contributed by atoms with Gasteiger partial charge in [0.05, 0.1) is 27.5 Å². The SMILES string of the molecule is O=C(CN(c1ccc([N+](=O)[O-])cc1)S(=O)(=O)c1ccccc1)NCCSCc1ccco1. The zero-order valence-corrected chi connectivity index (χ0v) is 18.6. The Labute approximate surface area is 189 Å². The number of nitro groups is 1. The number of thioether (sulfide) groups is 1. The zero-order chi connectivity index (χ0) is 23.0. The van der Waals surface area contributed by atoms with Crippen molar-refractivity contribution in [3.8, 4) is 0 Å². The van der Waals surface area contributed by atoms with E-state index < -0.39 is 27.4 Å². The monoisotopic (exact) mass is 475 g/mol. The number of benzene rings is 2. The molecule has 168 valence electrons. The average Bonchev–Trinajstić information content (AvgIpc) is 3.31. The van der Waals surface area contributed by atoms with Crippen LogP contribution in [0.2, 0.25) is 0 Å². The molecule has 0 bridgehead atoms. The third-order valence-corrected chi connectivity index (χ3v) is 7.13. The molecule has 0 saturated carbocycles. The van der Waals surface area contributed by atoms with E-state index in [0.717, 1.165) is 10.1 Å². The second-order valence-corrected chi connectivity index (χ2v) is 9.55. The molecule has 9 nitrogen and oxygen atoms in total. The van der Waals surface area contributed by atoms with Gasteiger partial charge in [-0.2, -0.15) is 11.8 Å². The summed E-state index contributed by atoms with van der Waals surface area (Å²) in [5.41, 5.74) is -0.0226. The van der Waals surface area contributed by atoms with Crippen molar-refractivity contribution in [2.24, 2.45) is 0 Å². The quantitative estimate of drug-likeness (QED) is 0.256. The lowest BCUT2D eigenvalue weighted by Gasteiger charge is -2.24. The molecule has 0 fully saturated rings. The first-order valence-electron chi connectivity index (χ1n) is 9.57. The van der Waals surface area contributed by atoms with Crippen LogP contribution >= 0.6 is 11.8 Å². The van der Waals surface area contributed by atoms with Gasteiger partial charge in [-0.25, -0.2) is 8.42 Å². The summed E-state index contributed by atoms with van der Waals surface area (Å²) < 4.78 is 32.6. The fraction of sp³-hybridized carbons (Fsp3) is 0.190. The first-order valence-corrected chi connectivity index (χ1v) is 12.2. The van der Waals surface area contributed by atoms with Crippen molar-refractivity contribution in [2.75, 3.05) is 23.1 Å². The minimum absolute atomic E-state index is 0.0140. The third kappa shape index (κ3) is 6.11. The summed E-state index contributed by atoms with van der Waals surface area (Å²) in [6, 6.07) is 16.4. The molecule has 0 aliphatic rings. The molecule has 1 heterocycles. The molecule has 1 aromatic heterocycles. The molecule has 0 unspecified atom stereocenters. The van der Waals surface area contributed by atoms with Crippen LogP contribution in [0.4, 0.5) is 11.4 Å². The Morgan fingerprint density at radius 3 is 2.41 bits per heavy atom. The first kappa shape index (κ1) is 23.4. The fourth-order valence-corrected chi connectivity index (χ4v) is 4.99. The third-order valence-electron chi connectivity index (χ3n) is 4.36. The number of amides is 1. The molecule has 0 spiro atoms. The largest absolute Gasteiger partial charge is 0.468 e. The summed E-state index contributed by atoms with van der Waals surface area (Å²) in [6.45, 7) is -0.110. The molecule has 11 heteroatoms. The Morgan fingerprint density at radius 2 is 1.78 bits per heavy atom. The van der Waals surface area contributed by atoms with Crippen molar-refractivity contribution in [1.82, 2.24) is 5.32 Å². The summed E-state index contributed by atoms with van der Waals surface area (Å²) in [5.74, 6) is 1.64. The fourth-order valence-electron chi connectivity index (χ4n) is 2.79. The van der Waals surface area contributed by atoms with Crippen molar-refractivity contribution in [3.63, 3.8) is 0 Å². The molecule has 2 aromatic carbocycles. The van der Waals surface area contributed by atoms with Gasteiger partial charge in [0.1, 0.15) is 12.3 Å². The average molecular weight is 476 g/mol. The van der Waals surface area contributed by atoms with E-state index in [1.165, 1.54) is 36.4 Å². The molecule has 0 aliphatic heterocycles. The molecule has 0 atom stereocenters. The summed E-state index contributed by atoms with van der Waals surface area (Å²) in [6.07, 6.45) is 1.59. The lowest BCUT2D eigenvalue weighted by atomic mass is 10.3. The summed E-state index contributed by atoms with van der Waals surface area (Å²) in [4.78, 5) is 22.9. The highest BCUT2D eigenvalue weighted by Gasteiger charge is 2.27. The maximum atomic E-state index is 13.2. The maximum Gasteiger partial charge on any atom is 0.269 e. The Hall–Kier alpha value is -3.31. The number of rotatable bonds is 11. The molecule has 3 rings (SSSR count). The van der Waals surface area contributed by atoms with Gasteiger partial charge in [-0.3, -0.25) is 19.2 Å². The number of carbonyl (C=O) groups excluding carboxylic acids is 1. The molecule has 1 amide bonds. The van der Waals surface area contributed by atoms with Crippen LogP contribution in [0, 0.1) is 10.1 Å². The van der Waals surface area contributed by atoms with Gasteiger partial charge in [-0.05, 0) is 36.4 Å². The highest BCUT2D eigenvalue weighted by molar-refractivity contribution is 7.98. The number of non-ortho nitro benzene ring substituents is 1. The van der Waals surface area contributed by atoms with Crippen LogP contribution in [0.3, 0.4) is 0 Å². The molecule has 1 N–H and O–H groups in total. The molecular formula is C21H21N3O6S2. The molecule has 0 radical (unpaired) electrons. The summed E-state index contributed by atoms with van der Waals surface area (Å²) in [5, 5.41) is 13.6. The highest BCUT2D eigenvalue weighted by atomic mass is 32.2. The smallest absolute Gasteiger partial charge is 0.269 e. The standard InChI is InChI=1S/C21H21N3O6S2/c25-21(22-12-14-31-16-19-5-4-13-30-19)15-23(17-8-10-18(11-9-17)24(26)27)32(28,29)20-6-2-1-3-7-20/h1-11,13H,12,14-16H2,(H,22,25). The number of carbonyl (C=O) groups is 1. The van der Waals surface area contributed by atoms with Gasteiger partial charge < -0.3 is 9.73 Å². The lowest BCUT2D eigenvalue weighted by molar-refractivity contribution is -0.384. The minimum atomic E-state index is -4.06. The minimum Gasteiger partial charge on any atom is -0.468 e. The van der Waals surface area contributed by atoms with Crippen LogP contribution in [0.15, 0.2) is 82.3 Å². The van der Waals surface area contributed by atoms with Crippen LogP contribution in [0.5, 0.6) is 0 Å². The van der Waals surface area contributed by atoms with Crippen molar-refractivity contribution in [1.29, 1.82) is 0 Å². The topological polar surface area (TPSA) is 123 Å². The first-order chi connectivity index (χ1) is 15.4. The van der Waals surface area contributed by atoms with Crippen LogP contribution in [-0.2, 0) is 20.6 Å². The van der Waals surface area contributed by atoms with Crippen molar-refractivity contribution >= 4 is 39.1 Å². The predicted molar refractivity (Wildman–Crippen MR) is 122 cm³/mol. The van der Waals surface area contributed by atoms with Crippen LogP contribution in [0.25, 0.3) is 0 Å². The lowest BCUT2D eigenvalue weighted by Crippen LogP contribution is -2.41. The molecule has 0 aliphatic carbocycles. The normalized spacial score (nSPS) is 11.1. The zero-order valence-electron chi connectivity index (χ0n) is 16.9. The van der Waals surface area contributed by atoms with E-state index >= 15 is 0 Å². The second kappa shape index (κ2) is 10.8. The second-order valence-electron chi connectivity index (χ2n) is 6.58. The number of hydrogen-bond donors (Lipinski definition) is 1. The number of nitro benzene ring substituents is 1. The van der Waals surface area contributed by atoms with Crippen molar-refractivity contribution < 1.29 is 22.6 Å². The number of sulfonamides is 1. The van der Waals surface area contributed by atoms with Crippen LogP contribution in [0.1, 0.15) is 5.76 Å². The Bertz CT molecular complexity index is 1130. The van der Waals surface area contributed by atoms with Gasteiger partial charge in [-0.1, -0.05) is 18.2 Å². The number of furan rings is 1. The van der Waals surface area contributed by atoms with Gasteiger partial charge >= 0.3 is 0 Å². The van der Waals surface area contributed by atoms with Gasteiger partial charge in [-0.15, -0.1) is 0 Å². The Balaban J connectivity index is 1.69. The van der Waals surface area contributed by atoms with Gasteiger partial charge in [0.25, 0.3) is 15.7 Å². The van der Waals surface area contributed by atoms with E-state index in [9.17, 15) is 23.3 Å². The molecule has 32 heavy (non-hydrogen) atoms. The van der Waals surface area contributed by atoms with E-state index in [4.69, 9.17) is 4.42 Å².